The summed E-state index contributed by atoms with van der Waals surface area (Å²) >= 11 is 5.66. The molecule has 0 bridgehead atoms. The van der Waals surface area contributed by atoms with E-state index in [2.05, 4.69) is 12.2 Å². The van der Waals surface area contributed by atoms with Gasteiger partial charge in [-0.2, -0.15) is 0 Å². The molecule has 0 aromatic carbocycles. The van der Waals surface area contributed by atoms with Gasteiger partial charge in [-0.25, -0.2) is 0 Å². The van der Waals surface area contributed by atoms with Crippen molar-refractivity contribution in [3.05, 3.63) is 0 Å². The van der Waals surface area contributed by atoms with Gasteiger partial charge < -0.3 is 5.32 Å². The Kier molecular flexibility index (Phi) is 19.5. The van der Waals surface area contributed by atoms with Crippen molar-refractivity contribution in [1.29, 1.82) is 0 Å². The van der Waals surface area contributed by atoms with Gasteiger partial charge in [0.25, 0.3) is 0 Å². The van der Waals surface area contributed by atoms with Crippen LogP contribution >= 0.6 is 11.6 Å². The molecule has 0 unspecified atom stereocenters. The van der Waals surface area contributed by atoms with Gasteiger partial charge in [0.1, 0.15) is 0 Å². The van der Waals surface area contributed by atoms with Crippen molar-refractivity contribution in [3.8, 4) is 0 Å². The van der Waals surface area contributed by atoms with E-state index in [1.54, 1.807) is 0 Å². The first-order chi connectivity index (χ1) is 9.91. The molecule has 0 fully saturated rings. The predicted molar refractivity (Wildman–Crippen MR) is 93.9 cm³/mol. The zero-order valence-electron chi connectivity index (χ0n) is 13.9. The number of nitrogens with one attached hydrogen (secondary N) is 1. The molecule has 0 radical (unpaired) electrons. The lowest BCUT2D eigenvalue weighted by Crippen LogP contribution is -2.16. The lowest BCUT2D eigenvalue weighted by Gasteiger charge is -2.05. The van der Waals surface area contributed by atoms with Gasteiger partial charge in [-0.3, -0.25) is 0 Å². The van der Waals surface area contributed by atoms with Crippen molar-refractivity contribution in [1.82, 2.24) is 5.32 Å². The fourth-order valence-electron chi connectivity index (χ4n) is 2.56. The maximum absolute atomic E-state index is 5.66. The molecule has 0 atom stereocenters. The van der Waals surface area contributed by atoms with Gasteiger partial charge in [0.15, 0.2) is 0 Å². The summed E-state index contributed by atoms with van der Waals surface area (Å²) < 4.78 is 0. The zero-order chi connectivity index (χ0) is 14.7. The highest BCUT2D eigenvalue weighted by atomic mass is 35.5. The van der Waals surface area contributed by atoms with E-state index in [4.69, 9.17) is 11.6 Å². The van der Waals surface area contributed by atoms with Crippen LogP contribution in [0, 0.1) is 0 Å². The monoisotopic (exact) mass is 303 g/mol. The van der Waals surface area contributed by atoms with Crippen LogP contribution in [0.2, 0.25) is 0 Å². The van der Waals surface area contributed by atoms with Crippen LogP contribution in [-0.2, 0) is 0 Å². The molecule has 0 heterocycles. The first-order valence-electron chi connectivity index (χ1n) is 9.18. The highest BCUT2D eigenvalue weighted by Gasteiger charge is 1.93. The van der Waals surface area contributed by atoms with Crippen molar-refractivity contribution < 1.29 is 0 Å². The Morgan fingerprint density at radius 1 is 0.550 bits per heavy atom. The summed E-state index contributed by atoms with van der Waals surface area (Å²) in [7, 11) is 0. The molecule has 0 saturated heterocycles. The Labute approximate surface area is 133 Å². The number of halogens is 1. The molecule has 0 aromatic rings. The molecule has 0 aliphatic heterocycles. The van der Waals surface area contributed by atoms with Crippen LogP contribution in [0.25, 0.3) is 0 Å². The molecule has 0 spiro atoms. The Morgan fingerprint density at radius 3 is 1.40 bits per heavy atom. The van der Waals surface area contributed by atoms with Crippen LogP contribution in [0.4, 0.5) is 0 Å². The highest BCUT2D eigenvalue weighted by Crippen LogP contribution is 2.08. The molecule has 0 amide bonds. The minimum absolute atomic E-state index is 0.838. The summed E-state index contributed by atoms with van der Waals surface area (Å²) in [6.45, 7) is 4.73. The van der Waals surface area contributed by atoms with Gasteiger partial charge in [-0.15, -0.1) is 11.6 Å². The summed E-state index contributed by atoms with van der Waals surface area (Å²) in [6.07, 6.45) is 19.3. The average molecular weight is 304 g/mol. The standard InChI is InChI=1S/C18H38ClN/c1-2-3-4-5-11-14-17-20-18-15-12-9-7-6-8-10-13-16-19/h20H,2-18H2,1H3. The second-order valence-electron chi connectivity index (χ2n) is 6.04. The smallest absolute Gasteiger partial charge is 0.0223 e. The number of alkyl halides is 1. The molecule has 0 aliphatic rings. The fourth-order valence-corrected chi connectivity index (χ4v) is 2.75. The summed E-state index contributed by atoms with van der Waals surface area (Å²) in [6, 6.07) is 0. The topological polar surface area (TPSA) is 12.0 Å². The molecule has 1 N–H and O–H groups in total. The van der Waals surface area contributed by atoms with Crippen LogP contribution in [0.5, 0.6) is 0 Å². The van der Waals surface area contributed by atoms with E-state index < -0.39 is 0 Å². The lowest BCUT2D eigenvalue weighted by molar-refractivity contribution is 0.537. The Bertz CT molecular complexity index is 143. The quantitative estimate of drug-likeness (QED) is 0.246. The maximum Gasteiger partial charge on any atom is 0.0223 e. The molecular weight excluding hydrogens is 266 g/mol. The van der Waals surface area contributed by atoms with Gasteiger partial charge in [0.2, 0.25) is 0 Å². The summed E-state index contributed by atoms with van der Waals surface area (Å²) in [5, 5.41) is 3.58. The van der Waals surface area contributed by atoms with E-state index in [0.717, 1.165) is 5.88 Å². The first-order valence-corrected chi connectivity index (χ1v) is 9.72. The molecule has 20 heavy (non-hydrogen) atoms. The third-order valence-corrected chi connectivity index (χ3v) is 4.21. The first kappa shape index (κ1) is 20.2. The summed E-state index contributed by atoms with van der Waals surface area (Å²) in [5.74, 6) is 0.838. The molecule has 0 rings (SSSR count). The fraction of sp³-hybridized carbons (Fsp3) is 1.00. The molecule has 2 heteroatoms. The number of unbranched alkanes of at least 4 members (excludes halogenated alkanes) is 12. The minimum atomic E-state index is 0.838. The molecule has 0 saturated carbocycles. The SMILES string of the molecule is CCCCCCCCNCCCCCCCCCCCl. The largest absolute Gasteiger partial charge is 0.317 e. The van der Waals surface area contributed by atoms with Crippen LogP contribution in [0.3, 0.4) is 0 Å². The molecule has 0 aromatic heterocycles. The third kappa shape index (κ3) is 18.2. The van der Waals surface area contributed by atoms with Crippen molar-refractivity contribution in [2.45, 2.75) is 96.8 Å². The number of rotatable bonds is 17. The van der Waals surface area contributed by atoms with Crippen LogP contribution in [-0.4, -0.2) is 19.0 Å². The van der Waals surface area contributed by atoms with Crippen molar-refractivity contribution >= 4 is 11.6 Å². The van der Waals surface area contributed by atoms with Crippen molar-refractivity contribution in [3.63, 3.8) is 0 Å². The van der Waals surface area contributed by atoms with E-state index in [1.165, 1.54) is 103 Å². The molecule has 122 valence electrons. The third-order valence-electron chi connectivity index (χ3n) is 3.94. The summed E-state index contributed by atoms with van der Waals surface area (Å²) in [4.78, 5) is 0. The van der Waals surface area contributed by atoms with Gasteiger partial charge in [0.05, 0.1) is 0 Å². The zero-order valence-corrected chi connectivity index (χ0v) is 14.7. The minimum Gasteiger partial charge on any atom is -0.317 e. The predicted octanol–water partition coefficient (Wildman–Crippen LogP) is 6.30. The van der Waals surface area contributed by atoms with Crippen LogP contribution < -0.4 is 5.32 Å². The Balaban J connectivity index is 2.89. The van der Waals surface area contributed by atoms with Crippen molar-refractivity contribution in [2.24, 2.45) is 0 Å². The number of hydrogen-bond donors (Lipinski definition) is 1. The van der Waals surface area contributed by atoms with Gasteiger partial charge >= 0.3 is 0 Å². The van der Waals surface area contributed by atoms with E-state index in [1.807, 2.05) is 0 Å². The number of hydrogen-bond acceptors (Lipinski definition) is 1. The van der Waals surface area contributed by atoms with Crippen molar-refractivity contribution in [2.75, 3.05) is 19.0 Å². The van der Waals surface area contributed by atoms with Crippen LogP contribution in [0.15, 0.2) is 0 Å². The lowest BCUT2D eigenvalue weighted by atomic mass is 10.1. The van der Waals surface area contributed by atoms with Gasteiger partial charge in [-0.1, -0.05) is 77.6 Å². The second-order valence-corrected chi connectivity index (χ2v) is 6.41. The Hall–Kier alpha value is 0.250. The van der Waals surface area contributed by atoms with Gasteiger partial charge in [0, 0.05) is 5.88 Å². The van der Waals surface area contributed by atoms with Gasteiger partial charge in [-0.05, 0) is 32.4 Å². The molecular formula is C18H38ClN. The summed E-state index contributed by atoms with van der Waals surface area (Å²) in [5.41, 5.74) is 0. The van der Waals surface area contributed by atoms with E-state index >= 15 is 0 Å². The second kappa shape index (κ2) is 19.2. The normalized spacial score (nSPS) is 11.1. The highest BCUT2D eigenvalue weighted by molar-refractivity contribution is 6.17. The molecule has 0 aliphatic carbocycles. The Morgan fingerprint density at radius 2 is 0.950 bits per heavy atom. The maximum atomic E-state index is 5.66. The van der Waals surface area contributed by atoms with E-state index in [-0.39, 0.29) is 0 Å². The molecule has 1 nitrogen and oxygen atoms in total. The van der Waals surface area contributed by atoms with E-state index in [0.29, 0.717) is 0 Å². The van der Waals surface area contributed by atoms with E-state index in [9.17, 15) is 0 Å². The van der Waals surface area contributed by atoms with Crippen LogP contribution in [0.1, 0.15) is 96.8 Å². The average Bonchev–Trinajstić information content (AvgIpc) is 2.47.